The molecule has 1 aromatic carbocycles. The van der Waals surface area contributed by atoms with E-state index in [4.69, 9.17) is 12.9 Å². The highest BCUT2D eigenvalue weighted by Gasteiger charge is 1.93. The van der Waals surface area contributed by atoms with E-state index >= 15 is 0 Å². The summed E-state index contributed by atoms with van der Waals surface area (Å²) in [5.41, 5.74) is 1.54. The van der Waals surface area contributed by atoms with E-state index < -0.39 is 8.26 Å². The summed E-state index contributed by atoms with van der Waals surface area (Å²) >= 11 is 0. The van der Waals surface area contributed by atoms with Crippen molar-refractivity contribution in [2.45, 2.75) is 0 Å². The minimum absolute atomic E-state index is 0.734. The lowest BCUT2D eigenvalue weighted by molar-refractivity contribution is 0.424. The number of fused-ring (bicyclic) bond motifs is 1. The minimum atomic E-state index is -3.72. The van der Waals surface area contributed by atoms with Gasteiger partial charge in [-0.15, -0.1) is 5.10 Å². The predicted octanol–water partition coefficient (Wildman–Crippen LogP) is 1.93. The highest BCUT2D eigenvalue weighted by molar-refractivity contribution is 8.31. The van der Waals surface area contributed by atoms with Crippen LogP contribution in [0.4, 0.5) is 0 Å². The second kappa shape index (κ2) is 4.59. The van der Waals surface area contributed by atoms with Crippen LogP contribution in [-0.4, -0.2) is 18.8 Å². The van der Waals surface area contributed by atoms with Crippen molar-refractivity contribution in [2.24, 2.45) is 0 Å². The Balaban J connectivity index is 0.000000171. The van der Waals surface area contributed by atoms with Crippen LogP contribution in [0.5, 0.6) is 0 Å². The van der Waals surface area contributed by atoms with Crippen LogP contribution in [0.25, 0.3) is 11.1 Å². The summed E-state index contributed by atoms with van der Waals surface area (Å²) < 4.78 is 23.1. The third kappa shape index (κ3) is 4.40. The van der Waals surface area contributed by atoms with E-state index in [9.17, 15) is 0 Å². The van der Waals surface area contributed by atoms with Crippen LogP contribution in [0.3, 0.4) is 0 Å². The number of hydrogen-bond acceptors (Lipinski definition) is 5. The number of hydrogen-bond donors (Lipinski definition) is 0. The van der Waals surface area contributed by atoms with E-state index in [1.807, 2.05) is 24.3 Å². The molecular weight excluding hydrogens is 251 g/mol. The Bertz CT molecular complexity index is 472. The molecule has 0 radical (unpaired) electrons. The van der Waals surface area contributed by atoms with E-state index in [0.717, 1.165) is 11.1 Å². The van der Waals surface area contributed by atoms with Gasteiger partial charge < -0.3 is 4.52 Å². The molecule has 1 heterocycles. The first-order chi connectivity index (χ1) is 6.47. The molecule has 0 spiro atoms. The summed E-state index contributed by atoms with van der Waals surface area (Å²) in [5, 5.41) is 7.08. The third-order valence-corrected chi connectivity index (χ3v) is 1.15. The fraction of sp³-hybridized carbons (Fsp3) is 0. The second-order valence-electron chi connectivity index (χ2n) is 2.12. The van der Waals surface area contributed by atoms with Crippen LogP contribution in [0.15, 0.2) is 28.8 Å². The van der Waals surface area contributed by atoms with Gasteiger partial charge in [0, 0.05) is 26.6 Å². The Hall–Kier alpha value is -0.850. The fourth-order valence-electron chi connectivity index (χ4n) is 0.725. The van der Waals surface area contributed by atoms with Crippen LogP contribution in [-0.2, 0) is 8.26 Å². The molecule has 0 atom stereocenters. The molecule has 2 rings (SSSR count). The zero-order valence-electron chi connectivity index (χ0n) is 6.59. The minimum Gasteiger partial charge on any atom is -0.337 e. The largest absolute Gasteiger partial charge is 0.337 e. The molecule has 0 aliphatic heterocycles. The predicted molar refractivity (Wildman–Crippen MR) is 52.4 cm³/mol. The molecule has 8 heteroatoms. The topological polar surface area (TPSA) is 73.1 Å². The SMILES string of the molecule is O=S(=O)(Cl)Cl.c1ccc2onnc2c1. The molecule has 1 aromatic heterocycles. The highest BCUT2D eigenvalue weighted by atomic mass is 36.0. The van der Waals surface area contributed by atoms with Crippen molar-refractivity contribution in [3.63, 3.8) is 0 Å². The number of para-hydroxylation sites is 1. The van der Waals surface area contributed by atoms with E-state index in [-0.39, 0.29) is 0 Å². The Morgan fingerprint density at radius 3 is 2.36 bits per heavy atom. The average molecular weight is 255 g/mol. The molecule has 0 unspecified atom stereocenters. The van der Waals surface area contributed by atoms with Gasteiger partial charge in [-0.25, -0.2) is 0 Å². The van der Waals surface area contributed by atoms with E-state index in [1.165, 1.54) is 0 Å². The van der Waals surface area contributed by atoms with Gasteiger partial charge in [0.25, 0.3) is 0 Å². The van der Waals surface area contributed by atoms with Gasteiger partial charge in [0.2, 0.25) is 0 Å². The Labute approximate surface area is 88.5 Å². The van der Waals surface area contributed by atoms with Crippen LogP contribution in [0.2, 0.25) is 0 Å². The monoisotopic (exact) mass is 254 g/mol. The number of rotatable bonds is 0. The van der Waals surface area contributed by atoms with Crippen LogP contribution in [0.1, 0.15) is 0 Å². The summed E-state index contributed by atoms with van der Waals surface area (Å²) in [5.74, 6) is 0. The van der Waals surface area contributed by atoms with Gasteiger partial charge >= 0.3 is 8.26 Å². The second-order valence-corrected chi connectivity index (χ2v) is 5.79. The molecule has 0 saturated heterocycles. The molecule has 0 amide bonds. The van der Waals surface area contributed by atoms with E-state index in [2.05, 4.69) is 31.7 Å². The van der Waals surface area contributed by atoms with Crippen molar-refractivity contribution in [2.75, 3.05) is 0 Å². The standard InChI is InChI=1S/C6H4N2O.Cl2O2S/c1-2-4-6-5(3-1)7-8-9-6;1-5(2,3)4/h1-4H;. The molecule has 0 N–H and O–H groups in total. The summed E-state index contributed by atoms with van der Waals surface area (Å²) in [6.07, 6.45) is 0. The molecule has 0 aliphatic carbocycles. The van der Waals surface area contributed by atoms with Gasteiger partial charge in [0.05, 0.1) is 0 Å². The molecule has 14 heavy (non-hydrogen) atoms. The fourth-order valence-corrected chi connectivity index (χ4v) is 0.725. The van der Waals surface area contributed by atoms with Gasteiger partial charge in [0.1, 0.15) is 5.52 Å². The summed E-state index contributed by atoms with van der Waals surface area (Å²) in [6, 6.07) is 7.46. The average Bonchev–Trinajstić information content (AvgIpc) is 2.47. The summed E-state index contributed by atoms with van der Waals surface area (Å²) in [6.45, 7) is 0. The highest BCUT2D eigenvalue weighted by Crippen LogP contribution is 2.06. The number of benzene rings is 1. The number of halogens is 2. The summed E-state index contributed by atoms with van der Waals surface area (Å²) in [7, 11) is 4.81. The van der Waals surface area contributed by atoms with Crippen molar-refractivity contribution in [1.29, 1.82) is 0 Å². The molecule has 0 bridgehead atoms. The van der Waals surface area contributed by atoms with E-state index in [0.29, 0.717) is 0 Å². The quantitative estimate of drug-likeness (QED) is 0.672. The van der Waals surface area contributed by atoms with Crippen molar-refractivity contribution in [3.05, 3.63) is 24.3 Å². The smallest absolute Gasteiger partial charge is 0.317 e. The zero-order chi connectivity index (χ0) is 10.6. The maximum atomic E-state index is 9.16. The first-order valence-electron chi connectivity index (χ1n) is 3.28. The van der Waals surface area contributed by atoms with Gasteiger partial charge in [-0.1, -0.05) is 12.1 Å². The van der Waals surface area contributed by atoms with Gasteiger partial charge in [-0.3, -0.25) is 0 Å². The molecule has 0 aliphatic rings. The van der Waals surface area contributed by atoms with Gasteiger partial charge in [-0.2, -0.15) is 8.42 Å². The molecule has 5 nitrogen and oxygen atoms in total. The first-order valence-corrected chi connectivity index (χ1v) is 6.42. The maximum Gasteiger partial charge on any atom is 0.317 e. The van der Waals surface area contributed by atoms with Crippen molar-refractivity contribution < 1.29 is 12.9 Å². The Morgan fingerprint density at radius 1 is 1.21 bits per heavy atom. The van der Waals surface area contributed by atoms with Crippen LogP contribution < -0.4 is 0 Å². The number of nitrogens with zero attached hydrogens (tertiary/aromatic N) is 2. The Morgan fingerprint density at radius 2 is 1.79 bits per heavy atom. The normalized spacial score (nSPS) is 10.7. The molecular formula is C6H4Cl2N2O3S. The molecule has 0 fully saturated rings. The molecule has 2 aromatic rings. The van der Waals surface area contributed by atoms with Crippen molar-refractivity contribution in [3.8, 4) is 0 Å². The van der Waals surface area contributed by atoms with E-state index in [1.54, 1.807) is 0 Å². The van der Waals surface area contributed by atoms with Gasteiger partial charge in [0.15, 0.2) is 5.58 Å². The first kappa shape index (κ1) is 11.2. The number of aromatic nitrogens is 2. The lowest BCUT2D eigenvalue weighted by Crippen LogP contribution is -1.63. The van der Waals surface area contributed by atoms with Gasteiger partial charge in [-0.05, 0) is 12.1 Å². The third-order valence-electron chi connectivity index (χ3n) is 1.15. The van der Waals surface area contributed by atoms with Crippen molar-refractivity contribution >= 4 is 40.7 Å². The summed E-state index contributed by atoms with van der Waals surface area (Å²) in [4.78, 5) is 0. The van der Waals surface area contributed by atoms with Crippen LogP contribution in [0, 0.1) is 0 Å². The molecule has 0 saturated carbocycles. The lowest BCUT2D eigenvalue weighted by Gasteiger charge is -1.76. The lowest BCUT2D eigenvalue weighted by atomic mass is 10.3. The molecule has 76 valence electrons. The van der Waals surface area contributed by atoms with Crippen LogP contribution >= 0.6 is 21.4 Å². The Kier molecular flexibility index (Phi) is 3.68. The zero-order valence-corrected chi connectivity index (χ0v) is 8.92. The van der Waals surface area contributed by atoms with Crippen molar-refractivity contribution in [1.82, 2.24) is 10.4 Å². The maximum absolute atomic E-state index is 9.16.